The smallest absolute Gasteiger partial charge is 0.244 e. The predicted molar refractivity (Wildman–Crippen MR) is 99.2 cm³/mol. The van der Waals surface area contributed by atoms with Gasteiger partial charge in [0.15, 0.2) is 5.78 Å². The van der Waals surface area contributed by atoms with Crippen molar-refractivity contribution in [3.63, 3.8) is 0 Å². The van der Waals surface area contributed by atoms with Gasteiger partial charge in [-0.25, -0.2) is 0 Å². The fraction of sp³-hybridized carbons (Fsp3) is 0.250. The molecule has 2 aromatic carbocycles. The standard InChI is InChI=1S/C20H22N2O4/c1-14(23)17-6-8-18(9-7-17)21-20(25)13-22(15(2)24)12-16-4-10-19(26-3)11-5-16/h4-11H,12-13H2,1-3H3,(H,21,25). The van der Waals surface area contributed by atoms with Crippen molar-refractivity contribution in [2.45, 2.75) is 20.4 Å². The van der Waals surface area contributed by atoms with Crippen LogP contribution in [0.1, 0.15) is 29.8 Å². The molecule has 0 aromatic heterocycles. The molecule has 0 radical (unpaired) electrons. The minimum absolute atomic E-state index is 0.0369. The summed E-state index contributed by atoms with van der Waals surface area (Å²) in [6, 6.07) is 14.0. The summed E-state index contributed by atoms with van der Waals surface area (Å²) >= 11 is 0. The van der Waals surface area contributed by atoms with Gasteiger partial charge in [-0.15, -0.1) is 0 Å². The molecular formula is C20H22N2O4. The van der Waals surface area contributed by atoms with Crippen LogP contribution in [0, 0.1) is 0 Å². The van der Waals surface area contributed by atoms with Crippen molar-refractivity contribution in [2.24, 2.45) is 0 Å². The van der Waals surface area contributed by atoms with Gasteiger partial charge in [0, 0.05) is 24.7 Å². The van der Waals surface area contributed by atoms with Gasteiger partial charge in [0.1, 0.15) is 12.3 Å². The minimum Gasteiger partial charge on any atom is -0.497 e. The summed E-state index contributed by atoms with van der Waals surface area (Å²) in [7, 11) is 1.59. The van der Waals surface area contributed by atoms with Gasteiger partial charge in [0.25, 0.3) is 0 Å². The lowest BCUT2D eigenvalue weighted by atomic mass is 10.1. The Bertz CT molecular complexity index is 782. The predicted octanol–water partition coefficient (Wildman–Crippen LogP) is 2.89. The molecule has 136 valence electrons. The highest BCUT2D eigenvalue weighted by atomic mass is 16.5. The van der Waals surface area contributed by atoms with E-state index in [0.717, 1.165) is 11.3 Å². The van der Waals surface area contributed by atoms with E-state index in [2.05, 4.69) is 5.32 Å². The second kappa shape index (κ2) is 8.80. The van der Waals surface area contributed by atoms with E-state index in [9.17, 15) is 14.4 Å². The first-order valence-electron chi connectivity index (χ1n) is 8.18. The van der Waals surface area contributed by atoms with Crippen LogP contribution < -0.4 is 10.1 Å². The Morgan fingerprint density at radius 3 is 2.08 bits per heavy atom. The van der Waals surface area contributed by atoms with E-state index in [1.807, 2.05) is 24.3 Å². The van der Waals surface area contributed by atoms with Gasteiger partial charge < -0.3 is 15.0 Å². The molecule has 0 heterocycles. The first-order chi connectivity index (χ1) is 12.4. The number of nitrogens with one attached hydrogen (secondary N) is 1. The molecular weight excluding hydrogens is 332 g/mol. The zero-order valence-electron chi connectivity index (χ0n) is 15.1. The monoisotopic (exact) mass is 354 g/mol. The molecule has 1 N–H and O–H groups in total. The summed E-state index contributed by atoms with van der Waals surface area (Å²) in [4.78, 5) is 36.8. The number of amides is 2. The van der Waals surface area contributed by atoms with E-state index in [1.165, 1.54) is 18.7 Å². The number of carbonyl (C=O) groups excluding carboxylic acids is 3. The third kappa shape index (κ3) is 5.44. The van der Waals surface area contributed by atoms with E-state index in [4.69, 9.17) is 4.74 Å². The van der Waals surface area contributed by atoms with Crippen LogP contribution in [0.25, 0.3) is 0 Å². The second-order valence-corrected chi connectivity index (χ2v) is 5.90. The molecule has 0 saturated carbocycles. The molecule has 2 amide bonds. The highest BCUT2D eigenvalue weighted by Crippen LogP contribution is 2.14. The highest BCUT2D eigenvalue weighted by molar-refractivity contribution is 5.96. The Labute approximate surface area is 152 Å². The lowest BCUT2D eigenvalue weighted by molar-refractivity contribution is -0.133. The van der Waals surface area contributed by atoms with Crippen molar-refractivity contribution < 1.29 is 19.1 Å². The minimum atomic E-state index is -0.302. The maximum absolute atomic E-state index is 12.2. The number of nitrogens with zero attached hydrogens (tertiary/aromatic N) is 1. The van der Waals surface area contributed by atoms with Crippen molar-refractivity contribution >= 4 is 23.3 Å². The van der Waals surface area contributed by atoms with Crippen molar-refractivity contribution in [3.05, 3.63) is 59.7 Å². The first kappa shape index (κ1) is 19.2. The molecule has 0 unspecified atom stereocenters. The van der Waals surface area contributed by atoms with Gasteiger partial charge in [0.2, 0.25) is 11.8 Å². The van der Waals surface area contributed by atoms with Crippen LogP contribution in [-0.4, -0.2) is 36.2 Å². The molecule has 2 aromatic rings. The molecule has 0 bridgehead atoms. The Hall–Kier alpha value is -3.15. The van der Waals surface area contributed by atoms with Crippen molar-refractivity contribution in [1.82, 2.24) is 4.90 Å². The fourth-order valence-corrected chi connectivity index (χ4v) is 2.39. The number of benzene rings is 2. The molecule has 6 heteroatoms. The van der Waals surface area contributed by atoms with E-state index in [1.54, 1.807) is 31.4 Å². The number of hydrogen-bond acceptors (Lipinski definition) is 4. The highest BCUT2D eigenvalue weighted by Gasteiger charge is 2.14. The summed E-state index contributed by atoms with van der Waals surface area (Å²) in [6.45, 7) is 3.18. The Balaban J connectivity index is 1.98. The van der Waals surface area contributed by atoms with Crippen molar-refractivity contribution in [3.8, 4) is 5.75 Å². The maximum Gasteiger partial charge on any atom is 0.244 e. The van der Waals surface area contributed by atoms with Crippen molar-refractivity contribution in [1.29, 1.82) is 0 Å². The lowest BCUT2D eigenvalue weighted by Gasteiger charge is -2.21. The number of rotatable bonds is 7. The Morgan fingerprint density at radius 1 is 0.962 bits per heavy atom. The van der Waals surface area contributed by atoms with Crippen LogP contribution in [-0.2, 0) is 16.1 Å². The number of anilines is 1. The average molecular weight is 354 g/mol. The molecule has 0 spiro atoms. The number of methoxy groups -OCH3 is 1. The van der Waals surface area contributed by atoms with E-state index >= 15 is 0 Å². The van der Waals surface area contributed by atoms with Gasteiger partial charge >= 0.3 is 0 Å². The van der Waals surface area contributed by atoms with Crippen LogP contribution in [0.3, 0.4) is 0 Å². The van der Waals surface area contributed by atoms with Gasteiger partial charge in [-0.05, 0) is 48.9 Å². The van der Waals surface area contributed by atoms with Crippen LogP contribution in [0.15, 0.2) is 48.5 Å². The third-order valence-electron chi connectivity index (χ3n) is 3.89. The summed E-state index contributed by atoms with van der Waals surface area (Å²) in [6.07, 6.45) is 0. The number of ether oxygens (including phenoxy) is 1. The largest absolute Gasteiger partial charge is 0.497 e. The topological polar surface area (TPSA) is 75.7 Å². The second-order valence-electron chi connectivity index (χ2n) is 5.90. The SMILES string of the molecule is COc1ccc(CN(CC(=O)Nc2ccc(C(C)=O)cc2)C(C)=O)cc1. The van der Waals surface area contributed by atoms with Crippen LogP contribution >= 0.6 is 0 Å². The van der Waals surface area contributed by atoms with Gasteiger partial charge in [0.05, 0.1) is 7.11 Å². The van der Waals surface area contributed by atoms with Gasteiger partial charge in [-0.1, -0.05) is 12.1 Å². The van der Waals surface area contributed by atoms with E-state index in [-0.39, 0.29) is 24.1 Å². The fourth-order valence-electron chi connectivity index (χ4n) is 2.39. The molecule has 0 aliphatic heterocycles. The molecule has 0 fully saturated rings. The molecule has 0 saturated heterocycles. The number of ketones is 1. The van der Waals surface area contributed by atoms with Crippen molar-refractivity contribution in [2.75, 3.05) is 19.0 Å². The zero-order valence-corrected chi connectivity index (χ0v) is 15.1. The molecule has 0 aliphatic rings. The van der Waals surface area contributed by atoms with Gasteiger partial charge in [-0.2, -0.15) is 0 Å². The van der Waals surface area contributed by atoms with Crippen LogP contribution in [0.5, 0.6) is 5.75 Å². The average Bonchev–Trinajstić information content (AvgIpc) is 2.62. The van der Waals surface area contributed by atoms with E-state index in [0.29, 0.717) is 17.8 Å². The maximum atomic E-state index is 12.2. The lowest BCUT2D eigenvalue weighted by Crippen LogP contribution is -2.36. The molecule has 2 rings (SSSR count). The Morgan fingerprint density at radius 2 is 1.58 bits per heavy atom. The van der Waals surface area contributed by atoms with Gasteiger partial charge in [-0.3, -0.25) is 14.4 Å². The zero-order chi connectivity index (χ0) is 19.1. The number of carbonyl (C=O) groups is 3. The first-order valence-corrected chi connectivity index (χ1v) is 8.18. The summed E-state index contributed by atoms with van der Waals surface area (Å²) in [5.41, 5.74) is 2.06. The van der Waals surface area contributed by atoms with Crippen LogP contribution in [0.2, 0.25) is 0 Å². The third-order valence-corrected chi connectivity index (χ3v) is 3.89. The molecule has 0 aliphatic carbocycles. The molecule has 6 nitrogen and oxygen atoms in total. The molecule has 0 atom stereocenters. The summed E-state index contributed by atoms with van der Waals surface area (Å²) in [5.74, 6) is 0.201. The number of hydrogen-bond donors (Lipinski definition) is 1. The number of Topliss-reactive ketones (excluding diaryl/α,β-unsaturated/α-hetero) is 1. The molecule has 26 heavy (non-hydrogen) atoms. The quantitative estimate of drug-likeness (QED) is 0.776. The summed E-state index contributed by atoms with van der Waals surface area (Å²) < 4.78 is 5.11. The summed E-state index contributed by atoms with van der Waals surface area (Å²) in [5, 5.41) is 2.73. The van der Waals surface area contributed by atoms with Crippen LogP contribution in [0.4, 0.5) is 5.69 Å². The van der Waals surface area contributed by atoms with E-state index < -0.39 is 0 Å². The normalized spacial score (nSPS) is 10.1. The Kier molecular flexibility index (Phi) is 6.49.